The van der Waals surface area contributed by atoms with E-state index in [2.05, 4.69) is 0 Å². The highest BCUT2D eigenvalue weighted by Gasteiger charge is 2.40. The van der Waals surface area contributed by atoms with Crippen LogP contribution in [0.15, 0.2) is 24.3 Å². The fourth-order valence-corrected chi connectivity index (χ4v) is 6.51. The molecule has 3 aromatic rings. The summed E-state index contributed by atoms with van der Waals surface area (Å²) in [6, 6.07) is 2.44. The molecule has 0 unspecified atom stereocenters. The summed E-state index contributed by atoms with van der Waals surface area (Å²) >= 11 is -4.17. The average Bonchev–Trinajstić information content (AvgIpc) is 2.66. The van der Waals surface area contributed by atoms with Gasteiger partial charge in [0.05, 0.1) is 0 Å². The van der Waals surface area contributed by atoms with Gasteiger partial charge in [-0.1, -0.05) is 10.5 Å². The van der Waals surface area contributed by atoms with E-state index in [4.69, 9.17) is 0 Å². The quantitative estimate of drug-likeness (QED) is 0.322. The van der Waals surface area contributed by atoms with E-state index in [1.165, 1.54) is 6.92 Å². The van der Waals surface area contributed by atoms with E-state index in [0.717, 1.165) is 19.9 Å². The lowest BCUT2D eigenvalue weighted by molar-refractivity contribution is 0.494. The lowest BCUT2D eigenvalue weighted by atomic mass is 10.2. The Morgan fingerprint density at radius 1 is 0.467 bits per heavy atom. The Morgan fingerprint density at radius 2 is 0.900 bits per heavy atom. The zero-order chi connectivity index (χ0) is 22.5. The predicted molar refractivity (Wildman–Crippen MR) is 97.9 cm³/mol. The van der Waals surface area contributed by atoms with E-state index < -0.39 is 85.1 Å². The van der Waals surface area contributed by atoms with Crippen LogP contribution in [0.5, 0.6) is 0 Å². The van der Waals surface area contributed by atoms with Crippen molar-refractivity contribution in [3.8, 4) is 0 Å². The first-order valence-electron chi connectivity index (χ1n) is 8.69. The summed E-state index contributed by atoms with van der Waals surface area (Å²) in [5.74, 6) is -11.6. The molecule has 0 radical (unpaired) electrons. The van der Waals surface area contributed by atoms with Crippen molar-refractivity contribution in [1.29, 1.82) is 0 Å². The molecule has 0 bridgehead atoms. The van der Waals surface area contributed by atoms with Crippen LogP contribution in [0.4, 0.5) is 35.1 Å². The van der Waals surface area contributed by atoms with Crippen LogP contribution in [0.25, 0.3) is 0 Å². The van der Waals surface area contributed by atoms with Gasteiger partial charge in [-0.3, -0.25) is 0 Å². The molecule has 0 aromatic heterocycles. The molecule has 0 spiro atoms. The van der Waals surface area contributed by atoms with Crippen LogP contribution in [0.1, 0.15) is 16.7 Å². The molecule has 3 rings (SSSR count). The van der Waals surface area contributed by atoms with Crippen molar-refractivity contribution in [2.75, 3.05) is 0 Å². The smallest absolute Gasteiger partial charge is 0.208 e. The molecule has 30 heavy (non-hydrogen) atoms. The molecule has 0 atom stereocenters. The van der Waals surface area contributed by atoms with E-state index >= 15 is 0 Å². The zero-order valence-electron chi connectivity index (χ0n) is 15.9. The molecular formula is C21H13AlF8. The molecular weight excluding hydrogens is 431 g/mol. The van der Waals surface area contributed by atoms with Crippen molar-refractivity contribution in [3.05, 3.63) is 87.5 Å². The Bertz CT molecular complexity index is 1110. The van der Waals surface area contributed by atoms with Gasteiger partial charge in [-0.15, -0.1) is 0 Å². The van der Waals surface area contributed by atoms with E-state index in [1.807, 2.05) is 0 Å². The first-order valence-corrected chi connectivity index (χ1v) is 10.4. The molecule has 0 saturated carbocycles. The number of rotatable bonds is 3. The van der Waals surface area contributed by atoms with Gasteiger partial charge in [-0.2, -0.15) is 0 Å². The fraction of sp³-hybridized carbons (Fsp3) is 0.143. The summed E-state index contributed by atoms with van der Waals surface area (Å²) in [6.45, 7) is 3.34. The van der Waals surface area contributed by atoms with Crippen LogP contribution in [-0.4, -0.2) is 14.1 Å². The number of aryl methyl sites for hydroxylation is 3. The van der Waals surface area contributed by atoms with Crippen LogP contribution in [0.3, 0.4) is 0 Å². The van der Waals surface area contributed by atoms with Crippen LogP contribution in [0.2, 0.25) is 0 Å². The summed E-state index contributed by atoms with van der Waals surface area (Å²) in [4.78, 5) is 0. The molecule has 0 amide bonds. The third-order valence-corrected chi connectivity index (χ3v) is 8.20. The van der Waals surface area contributed by atoms with Gasteiger partial charge in [0.1, 0.15) is 34.9 Å². The van der Waals surface area contributed by atoms with E-state index in [-0.39, 0.29) is 5.56 Å². The van der Waals surface area contributed by atoms with Crippen molar-refractivity contribution >= 4 is 27.4 Å². The normalized spacial score (nSPS) is 11.2. The molecule has 9 heteroatoms. The minimum atomic E-state index is -4.17. The van der Waals surface area contributed by atoms with Crippen molar-refractivity contribution in [3.63, 3.8) is 0 Å². The zero-order valence-corrected chi connectivity index (χ0v) is 17.1. The topological polar surface area (TPSA) is 0 Å². The lowest BCUT2D eigenvalue weighted by Crippen LogP contribution is -2.58. The van der Waals surface area contributed by atoms with Crippen molar-refractivity contribution in [1.82, 2.24) is 0 Å². The first kappa shape index (κ1) is 22.3. The molecule has 0 aliphatic carbocycles. The van der Waals surface area contributed by atoms with Crippen LogP contribution in [0, 0.1) is 67.3 Å². The maximum absolute atomic E-state index is 14.8. The standard InChI is InChI=1S/2C7H4F3.C7H5F2.Al/c2*1-4-2-5(8)3-6(9)7(4)10;1-5-2-3-6(8)4-7(5)9;/h2*2H,1H3;2,4H,1H3;. The molecule has 0 aliphatic rings. The minimum Gasteiger partial charge on any atom is -0.208 e. The molecule has 0 saturated heterocycles. The second-order valence-corrected chi connectivity index (χ2v) is 9.63. The van der Waals surface area contributed by atoms with Gasteiger partial charge in [0, 0.05) is 6.07 Å². The van der Waals surface area contributed by atoms with E-state index in [0.29, 0.717) is 18.2 Å². The van der Waals surface area contributed by atoms with E-state index in [1.54, 1.807) is 0 Å². The van der Waals surface area contributed by atoms with Crippen molar-refractivity contribution in [2.24, 2.45) is 0 Å². The summed E-state index contributed by atoms with van der Waals surface area (Å²) in [6.07, 6.45) is 0. The van der Waals surface area contributed by atoms with Crippen LogP contribution in [-0.2, 0) is 0 Å². The van der Waals surface area contributed by atoms with Gasteiger partial charge >= 0.3 is 14.1 Å². The summed E-state index contributed by atoms with van der Waals surface area (Å²) in [7, 11) is 0. The SMILES string of the molecule is Cc1c[c]([Al]([c]2c(F)cc(C)c(F)c2F)[c]2c(F)cc(C)c(F)c2F)c(F)cc1F. The second-order valence-electron chi connectivity index (χ2n) is 6.99. The van der Waals surface area contributed by atoms with Crippen molar-refractivity contribution in [2.45, 2.75) is 20.8 Å². The Labute approximate surface area is 171 Å². The molecule has 0 heterocycles. The van der Waals surface area contributed by atoms with Gasteiger partial charge in [0.15, 0.2) is 11.6 Å². The minimum absolute atomic E-state index is 0.175. The third-order valence-electron chi connectivity index (χ3n) is 4.92. The van der Waals surface area contributed by atoms with Gasteiger partial charge < -0.3 is 0 Å². The highest BCUT2D eigenvalue weighted by Crippen LogP contribution is 2.18. The molecule has 0 N–H and O–H groups in total. The Morgan fingerprint density at radius 3 is 1.33 bits per heavy atom. The maximum Gasteiger partial charge on any atom is 0.407 e. The van der Waals surface area contributed by atoms with Gasteiger partial charge in [-0.05, 0) is 58.4 Å². The Kier molecular flexibility index (Phi) is 5.99. The summed E-state index contributed by atoms with van der Waals surface area (Å²) in [5.41, 5.74) is -1.02. The Balaban J connectivity index is 2.50. The number of benzene rings is 3. The average molecular weight is 444 g/mol. The highest BCUT2D eigenvalue weighted by atomic mass is 27.2. The summed E-state index contributed by atoms with van der Waals surface area (Å²) < 4.78 is 113. The number of hydrogen-bond acceptors (Lipinski definition) is 0. The predicted octanol–water partition coefficient (Wildman–Crippen LogP) is 4.24. The Hall–Kier alpha value is -2.37. The first-order chi connectivity index (χ1) is 14.0. The fourth-order valence-electron chi connectivity index (χ4n) is 3.34. The third kappa shape index (κ3) is 3.61. The largest absolute Gasteiger partial charge is 0.407 e. The lowest BCUT2D eigenvalue weighted by Gasteiger charge is -2.20. The van der Waals surface area contributed by atoms with Crippen molar-refractivity contribution < 1.29 is 35.1 Å². The highest BCUT2D eigenvalue weighted by molar-refractivity contribution is 6.95. The van der Waals surface area contributed by atoms with Gasteiger partial charge in [0.2, 0.25) is 0 Å². The number of hydrogen-bond donors (Lipinski definition) is 0. The maximum atomic E-state index is 14.8. The van der Waals surface area contributed by atoms with Gasteiger partial charge in [-0.25, -0.2) is 35.1 Å². The molecule has 156 valence electrons. The molecule has 0 fully saturated rings. The molecule has 3 aromatic carbocycles. The van der Waals surface area contributed by atoms with Crippen LogP contribution < -0.4 is 13.3 Å². The van der Waals surface area contributed by atoms with Gasteiger partial charge in [0.25, 0.3) is 0 Å². The molecule has 0 nitrogen and oxygen atoms in total. The summed E-state index contributed by atoms with van der Waals surface area (Å²) in [5, 5.41) is 0. The van der Waals surface area contributed by atoms with Crippen LogP contribution >= 0.6 is 0 Å². The van der Waals surface area contributed by atoms with E-state index in [9.17, 15) is 35.1 Å². The number of halogens is 8. The molecule has 0 aliphatic heterocycles. The second kappa shape index (κ2) is 8.05. The monoisotopic (exact) mass is 444 g/mol.